The molecule has 2 rings (SSSR count). The lowest BCUT2D eigenvalue weighted by Crippen LogP contribution is -2.70. The van der Waals surface area contributed by atoms with Gasteiger partial charge in [0.05, 0.1) is 6.10 Å². The van der Waals surface area contributed by atoms with Crippen molar-refractivity contribution in [3.05, 3.63) is 0 Å². The van der Waals surface area contributed by atoms with E-state index in [0.29, 0.717) is 12.0 Å². The fourth-order valence-corrected chi connectivity index (χ4v) is 3.20. The second-order valence-corrected chi connectivity index (χ2v) is 5.62. The lowest BCUT2D eigenvalue weighted by Gasteiger charge is -2.60. The molecule has 1 saturated heterocycles. The second-order valence-electron chi connectivity index (χ2n) is 5.62. The highest BCUT2D eigenvalue weighted by Gasteiger charge is 2.58. The average Bonchev–Trinajstić information content (AvgIpc) is 2.25. The minimum atomic E-state index is -0.782. The Morgan fingerprint density at radius 1 is 1.56 bits per heavy atom. The average molecular weight is 227 g/mol. The SMILES string of the molecule is CC(NC1C2CCCOC2C1(C)C)C(=O)O. The zero-order chi connectivity index (χ0) is 11.9. The van der Waals surface area contributed by atoms with Gasteiger partial charge in [0.2, 0.25) is 0 Å². The molecule has 1 aliphatic heterocycles. The van der Waals surface area contributed by atoms with E-state index in [1.54, 1.807) is 6.92 Å². The van der Waals surface area contributed by atoms with Gasteiger partial charge in [0.25, 0.3) is 0 Å². The van der Waals surface area contributed by atoms with Crippen molar-refractivity contribution in [2.24, 2.45) is 11.3 Å². The highest BCUT2D eigenvalue weighted by molar-refractivity contribution is 5.72. The molecule has 0 aromatic carbocycles. The molecule has 2 aliphatic rings. The summed E-state index contributed by atoms with van der Waals surface area (Å²) in [5.41, 5.74) is 0.0504. The number of rotatable bonds is 3. The summed E-state index contributed by atoms with van der Waals surface area (Å²) in [6.45, 7) is 6.87. The van der Waals surface area contributed by atoms with Crippen LogP contribution in [-0.4, -0.2) is 35.9 Å². The van der Waals surface area contributed by atoms with Crippen molar-refractivity contribution in [1.82, 2.24) is 5.32 Å². The van der Waals surface area contributed by atoms with Crippen LogP contribution < -0.4 is 5.32 Å². The molecule has 0 aromatic heterocycles. The number of carboxylic acids is 1. The Bertz CT molecular complexity index is 290. The van der Waals surface area contributed by atoms with E-state index in [1.165, 1.54) is 0 Å². The van der Waals surface area contributed by atoms with Crippen LogP contribution in [0.2, 0.25) is 0 Å². The van der Waals surface area contributed by atoms with Crippen molar-refractivity contribution >= 4 is 5.97 Å². The molecule has 0 amide bonds. The van der Waals surface area contributed by atoms with E-state index >= 15 is 0 Å². The highest BCUT2D eigenvalue weighted by atomic mass is 16.5. The normalized spacial score (nSPS) is 38.3. The van der Waals surface area contributed by atoms with Crippen molar-refractivity contribution in [2.45, 2.75) is 51.8 Å². The number of hydrogen-bond donors (Lipinski definition) is 2. The minimum absolute atomic E-state index is 0.0504. The third kappa shape index (κ3) is 1.74. The third-order valence-electron chi connectivity index (χ3n) is 4.13. The minimum Gasteiger partial charge on any atom is -0.480 e. The number of carboxylic acid groups (broad SMARTS) is 1. The van der Waals surface area contributed by atoms with Gasteiger partial charge >= 0.3 is 5.97 Å². The molecule has 4 unspecified atom stereocenters. The number of nitrogens with one attached hydrogen (secondary N) is 1. The fourth-order valence-electron chi connectivity index (χ4n) is 3.20. The van der Waals surface area contributed by atoms with Gasteiger partial charge in [0, 0.05) is 24.0 Å². The van der Waals surface area contributed by atoms with Gasteiger partial charge in [-0.3, -0.25) is 4.79 Å². The summed E-state index contributed by atoms with van der Waals surface area (Å²) >= 11 is 0. The maximum Gasteiger partial charge on any atom is 0.320 e. The molecule has 0 spiro atoms. The third-order valence-corrected chi connectivity index (χ3v) is 4.13. The molecule has 1 saturated carbocycles. The van der Waals surface area contributed by atoms with Crippen LogP contribution in [0, 0.1) is 11.3 Å². The zero-order valence-corrected chi connectivity index (χ0v) is 10.2. The van der Waals surface area contributed by atoms with E-state index in [1.807, 2.05) is 0 Å². The van der Waals surface area contributed by atoms with Gasteiger partial charge < -0.3 is 15.2 Å². The molecule has 4 atom stereocenters. The Hall–Kier alpha value is -0.610. The predicted molar refractivity (Wildman–Crippen MR) is 60.3 cm³/mol. The number of hydrogen-bond acceptors (Lipinski definition) is 3. The zero-order valence-electron chi connectivity index (χ0n) is 10.2. The summed E-state index contributed by atoms with van der Waals surface area (Å²) in [7, 11) is 0. The first-order valence-electron chi connectivity index (χ1n) is 6.05. The second kappa shape index (κ2) is 4.00. The number of carbonyl (C=O) groups is 1. The van der Waals surface area contributed by atoms with Crippen molar-refractivity contribution in [2.75, 3.05) is 6.61 Å². The van der Waals surface area contributed by atoms with Crippen LogP contribution in [-0.2, 0) is 9.53 Å². The van der Waals surface area contributed by atoms with Crippen LogP contribution in [0.1, 0.15) is 33.6 Å². The van der Waals surface area contributed by atoms with E-state index in [9.17, 15) is 4.79 Å². The molecule has 0 radical (unpaired) electrons. The molecule has 0 aromatic rings. The van der Waals surface area contributed by atoms with Crippen LogP contribution in [0.25, 0.3) is 0 Å². The first-order valence-corrected chi connectivity index (χ1v) is 6.05. The first-order chi connectivity index (χ1) is 7.44. The maximum absolute atomic E-state index is 10.9. The summed E-state index contributed by atoms with van der Waals surface area (Å²) in [5, 5.41) is 12.1. The maximum atomic E-state index is 10.9. The summed E-state index contributed by atoms with van der Waals surface area (Å²) in [4.78, 5) is 10.9. The van der Waals surface area contributed by atoms with Gasteiger partial charge in [0.15, 0.2) is 0 Å². The van der Waals surface area contributed by atoms with Crippen LogP contribution in [0.3, 0.4) is 0 Å². The van der Waals surface area contributed by atoms with Crippen LogP contribution in [0.4, 0.5) is 0 Å². The molecule has 2 N–H and O–H groups in total. The predicted octanol–water partition coefficient (Wildman–Crippen LogP) is 1.25. The van der Waals surface area contributed by atoms with Crippen molar-refractivity contribution < 1.29 is 14.6 Å². The van der Waals surface area contributed by atoms with E-state index in [2.05, 4.69) is 19.2 Å². The molecule has 4 nitrogen and oxygen atoms in total. The molecule has 1 aliphatic carbocycles. The van der Waals surface area contributed by atoms with Gasteiger partial charge in [0.1, 0.15) is 6.04 Å². The molecule has 0 bridgehead atoms. The van der Waals surface area contributed by atoms with Crippen LogP contribution in [0.15, 0.2) is 0 Å². The van der Waals surface area contributed by atoms with Gasteiger partial charge in [-0.25, -0.2) is 0 Å². The quantitative estimate of drug-likeness (QED) is 0.762. The van der Waals surface area contributed by atoms with Crippen molar-refractivity contribution in [3.8, 4) is 0 Å². The van der Waals surface area contributed by atoms with Crippen LogP contribution >= 0.6 is 0 Å². The first kappa shape index (κ1) is 11.9. The summed E-state index contributed by atoms with van der Waals surface area (Å²) in [6.07, 6.45) is 2.55. The largest absolute Gasteiger partial charge is 0.480 e. The molecular formula is C12H21NO3. The lowest BCUT2D eigenvalue weighted by atomic mass is 9.55. The van der Waals surface area contributed by atoms with Crippen LogP contribution in [0.5, 0.6) is 0 Å². The van der Waals surface area contributed by atoms with Crippen molar-refractivity contribution in [3.63, 3.8) is 0 Å². The molecule has 1 heterocycles. The van der Waals surface area contributed by atoms with Gasteiger partial charge in [-0.2, -0.15) is 0 Å². The summed E-state index contributed by atoms with van der Waals surface area (Å²) < 4.78 is 5.78. The standard InChI is InChI=1S/C12H21NO3/c1-7(11(14)15)13-9-8-5-4-6-16-10(8)12(9,2)3/h7-10,13H,4-6H2,1-3H3,(H,14,15). The van der Waals surface area contributed by atoms with Gasteiger partial charge in [-0.1, -0.05) is 13.8 Å². The smallest absolute Gasteiger partial charge is 0.320 e. The summed E-state index contributed by atoms with van der Waals surface area (Å²) in [6, 6.07) is -0.212. The molecule has 2 fully saturated rings. The molecular weight excluding hydrogens is 206 g/mol. The Morgan fingerprint density at radius 3 is 2.88 bits per heavy atom. The molecule has 92 valence electrons. The van der Waals surface area contributed by atoms with Crippen molar-refractivity contribution in [1.29, 1.82) is 0 Å². The van der Waals surface area contributed by atoms with E-state index < -0.39 is 12.0 Å². The Morgan fingerprint density at radius 2 is 2.25 bits per heavy atom. The Balaban J connectivity index is 2.01. The topological polar surface area (TPSA) is 58.6 Å². The number of fused-ring (bicyclic) bond motifs is 1. The van der Waals surface area contributed by atoms with E-state index in [-0.39, 0.29) is 11.5 Å². The lowest BCUT2D eigenvalue weighted by molar-refractivity contribution is -0.195. The molecule has 16 heavy (non-hydrogen) atoms. The number of ether oxygens (including phenoxy) is 1. The highest BCUT2D eigenvalue weighted by Crippen LogP contribution is 2.51. The fraction of sp³-hybridized carbons (Fsp3) is 0.917. The Kier molecular flexibility index (Phi) is 2.97. The van der Waals surface area contributed by atoms with Gasteiger partial charge in [-0.05, 0) is 19.8 Å². The number of aliphatic carboxylic acids is 1. The molecule has 4 heteroatoms. The van der Waals surface area contributed by atoms with E-state index in [4.69, 9.17) is 9.84 Å². The monoisotopic (exact) mass is 227 g/mol. The Labute approximate surface area is 96.4 Å². The van der Waals surface area contributed by atoms with E-state index in [0.717, 1.165) is 19.4 Å². The van der Waals surface area contributed by atoms with Gasteiger partial charge in [-0.15, -0.1) is 0 Å². The summed E-state index contributed by atoms with van der Waals surface area (Å²) in [5.74, 6) is -0.290.